The van der Waals surface area contributed by atoms with Gasteiger partial charge in [-0.1, -0.05) is 0 Å². The zero-order chi connectivity index (χ0) is 9.80. The Balaban J connectivity index is 1.71. The molecule has 0 saturated carbocycles. The number of amides is 1. The Morgan fingerprint density at radius 2 is 2.64 bits per heavy atom. The highest BCUT2D eigenvalue weighted by Gasteiger charge is 2.18. The lowest BCUT2D eigenvalue weighted by molar-refractivity contribution is -0.118. The molecule has 0 aromatic heterocycles. The summed E-state index contributed by atoms with van der Waals surface area (Å²) in [6, 6.07) is 0. The number of hydrogen-bond donors (Lipinski definition) is 3. The topological polar surface area (TPSA) is 62.4 Å². The van der Waals surface area contributed by atoms with E-state index in [9.17, 15) is 4.79 Å². The first-order chi connectivity index (χ1) is 6.86. The van der Waals surface area contributed by atoms with Crippen molar-refractivity contribution in [1.29, 1.82) is 0 Å². The maximum atomic E-state index is 11.5. The van der Waals surface area contributed by atoms with E-state index in [4.69, 9.17) is 4.74 Å². The SMILES string of the molecule is O=C(NCC1CCCO1)C1=CNNC1. The molecule has 0 spiro atoms. The van der Waals surface area contributed by atoms with Gasteiger partial charge < -0.3 is 15.5 Å². The van der Waals surface area contributed by atoms with Crippen LogP contribution in [0.25, 0.3) is 0 Å². The summed E-state index contributed by atoms with van der Waals surface area (Å²) < 4.78 is 5.40. The van der Waals surface area contributed by atoms with Crippen LogP contribution >= 0.6 is 0 Å². The number of hydrazine groups is 1. The molecule has 78 valence electrons. The van der Waals surface area contributed by atoms with E-state index in [0.29, 0.717) is 13.1 Å². The molecule has 3 N–H and O–H groups in total. The summed E-state index contributed by atoms with van der Waals surface area (Å²) in [6.07, 6.45) is 4.05. The van der Waals surface area contributed by atoms with Gasteiger partial charge in [-0.15, -0.1) is 0 Å². The van der Waals surface area contributed by atoms with Crippen LogP contribution in [0.1, 0.15) is 12.8 Å². The van der Waals surface area contributed by atoms with Gasteiger partial charge in [0.2, 0.25) is 5.91 Å². The molecule has 2 aliphatic rings. The van der Waals surface area contributed by atoms with Crippen LogP contribution in [0, 0.1) is 0 Å². The van der Waals surface area contributed by atoms with Gasteiger partial charge in [0.25, 0.3) is 0 Å². The Morgan fingerprint density at radius 3 is 3.29 bits per heavy atom. The molecule has 1 unspecified atom stereocenters. The first-order valence-corrected chi connectivity index (χ1v) is 4.93. The fourth-order valence-electron chi connectivity index (χ4n) is 1.61. The lowest BCUT2D eigenvalue weighted by Crippen LogP contribution is -2.33. The van der Waals surface area contributed by atoms with Crippen molar-refractivity contribution in [3.63, 3.8) is 0 Å². The Morgan fingerprint density at radius 1 is 1.71 bits per heavy atom. The van der Waals surface area contributed by atoms with Gasteiger partial charge in [-0.2, -0.15) is 0 Å². The van der Waals surface area contributed by atoms with Crippen LogP contribution in [-0.4, -0.2) is 31.7 Å². The van der Waals surface area contributed by atoms with E-state index in [1.54, 1.807) is 6.20 Å². The monoisotopic (exact) mass is 197 g/mol. The van der Waals surface area contributed by atoms with Crippen molar-refractivity contribution in [1.82, 2.24) is 16.2 Å². The van der Waals surface area contributed by atoms with Gasteiger partial charge in [-0.05, 0) is 12.8 Å². The number of ether oxygens (including phenoxy) is 1. The fraction of sp³-hybridized carbons (Fsp3) is 0.667. The van der Waals surface area contributed by atoms with Crippen molar-refractivity contribution in [2.24, 2.45) is 0 Å². The van der Waals surface area contributed by atoms with E-state index in [0.717, 1.165) is 25.0 Å². The van der Waals surface area contributed by atoms with Gasteiger partial charge in [-0.25, -0.2) is 5.43 Å². The summed E-state index contributed by atoms with van der Waals surface area (Å²) in [5.41, 5.74) is 6.36. The summed E-state index contributed by atoms with van der Waals surface area (Å²) >= 11 is 0. The summed E-state index contributed by atoms with van der Waals surface area (Å²) in [5, 5.41) is 2.85. The Hall–Kier alpha value is -1.07. The van der Waals surface area contributed by atoms with Crippen LogP contribution in [-0.2, 0) is 9.53 Å². The molecule has 0 aromatic carbocycles. The highest BCUT2D eigenvalue weighted by Crippen LogP contribution is 2.10. The first kappa shape index (κ1) is 9.48. The highest BCUT2D eigenvalue weighted by atomic mass is 16.5. The van der Waals surface area contributed by atoms with Crippen molar-refractivity contribution < 1.29 is 9.53 Å². The summed E-state index contributed by atoms with van der Waals surface area (Å²) in [6.45, 7) is 2.03. The van der Waals surface area contributed by atoms with Crippen molar-refractivity contribution in [3.05, 3.63) is 11.8 Å². The van der Waals surface area contributed by atoms with Crippen molar-refractivity contribution in [3.8, 4) is 0 Å². The van der Waals surface area contributed by atoms with Crippen LogP contribution in [0.3, 0.4) is 0 Å². The lowest BCUT2D eigenvalue weighted by atomic mass is 10.2. The molecule has 0 aliphatic carbocycles. The van der Waals surface area contributed by atoms with Gasteiger partial charge in [0, 0.05) is 31.5 Å². The van der Waals surface area contributed by atoms with E-state index < -0.39 is 0 Å². The summed E-state index contributed by atoms with van der Waals surface area (Å²) in [7, 11) is 0. The zero-order valence-electron chi connectivity index (χ0n) is 8.01. The van der Waals surface area contributed by atoms with Crippen LogP contribution in [0.2, 0.25) is 0 Å². The number of rotatable bonds is 3. The molecular weight excluding hydrogens is 182 g/mol. The Bertz CT molecular complexity index is 246. The predicted molar refractivity (Wildman–Crippen MR) is 51.2 cm³/mol. The average Bonchev–Trinajstić information content (AvgIpc) is 2.87. The number of carbonyl (C=O) groups excluding carboxylic acids is 1. The predicted octanol–water partition coefficient (Wildman–Crippen LogP) is -0.727. The lowest BCUT2D eigenvalue weighted by Gasteiger charge is -2.10. The van der Waals surface area contributed by atoms with Crippen LogP contribution in [0.5, 0.6) is 0 Å². The van der Waals surface area contributed by atoms with Crippen molar-refractivity contribution in [2.75, 3.05) is 19.7 Å². The van der Waals surface area contributed by atoms with Gasteiger partial charge >= 0.3 is 0 Å². The standard InChI is InChI=1S/C9H15N3O2/c13-9(7-4-11-12-5-7)10-6-8-2-1-3-14-8/h4,8,11-12H,1-3,5-6H2,(H,10,13). The second kappa shape index (κ2) is 4.43. The fourth-order valence-corrected chi connectivity index (χ4v) is 1.61. The van der Waals surface area contributed by atoms with E-state index in [-0.39, 0.29) is 12.0 Å². The first-order valence-electron chi connectivity index (χ1n) is 4.93. The van der Waals surface area contributed by atoms with E-state index in [1.807, 2.05) is 0 Å². The van der Waals surface area contributed by atoms with Crippen LogP contribution in [0.15, 0.2) is 11.8 Å². The third-order valence-electron chi connectivity index (χ3n) is 2.43. The molecule has 1 atom stereocenters. The largest absolute Gasteiger partial charge is 0.376 e. The molecule has 1 fully saturated rings. The molecule has 1 saturated heterocycles. The average molecular weight is 197 g/mol. The molecule has 1 amide bonds. The van der Waals surface area contributed by atoms with Crippen molar-refractivity contribution >= 4 is 5.91 Å². The van der Waals surface area contributed by atoms with Gasteiger partial charge in [0.15, 0.2) is 0 Å². The molecule has 14 heavy (non-hydrogen) atoms. The van der Waals surface area contributed by atoms with E-state index in [1.165, 1.54) is 0 Å². The molecule has 0 bridgehead atoms. The molecule has 0 radical (unpaired) electrons. The molecule has 0 aromatic rings. The van der Waals surface area contributed by atoms with Gasteiger partial charge in [-0.3, -0.25) is 4.79 Å². The Labute approximate surface area is 82.9 Å². The quantitative estimate of drug-likeness (QED) is 0.558. The summed E-state index contributed by atoms with van der Waals surface area (Å²) in [5.74, 6) is -0.0157. The minimum Gasteiger partial charge on any atom is -0.376 e. The molecule has 5 nitrogen and oxygen atoms in total. The Kier molecular flexibility index (Phi) is 3.00. The molecule has 2 aliphatic heterocycles. The normalized spacial score (nSPS) is 25.7. The minimum atomic E-state index is -0.0157. The molecule has 2 rings (SSSR count). The zero-order valence-corrected chi connectivity index (χ0v) is 8.01. The second-order valence-corrected chi connectivity index (χ2v) is 3.51. The number of nitrogens with one attached hydrogen (secondary N) is 3. The van der Waals surface area contributed by atoms with Crippen molar-refractivity contribution in [2.45, 2.75) is 18.9 Å². The number of carbonyl (C=O) groups is 1. The smallest absolute Gasteiger partial charge is 0.250 e. The minimum absolute atomic E-state index is 0.0157. The van der Waals surface area contributed by atoms with E-state index in [2.05, 4.69) is 16.2 Å². The third kappa shape index (κ3) is 2.24. The van der Waals surface area contributed by atoms with Crippen LogP contribution < -0.4 is 16.2 Å². The highest BCUT2D eigenvalue weighted by molar-refractivity contribution is 5.94. The third-order valence-corrected chi connectivity index (χ3v) is 2.43. The molecule has 2 heterocycles. The second-order valence-electron chi connectivity index (χ2n) is 3.51. The summed E-state index contributed by atoms with van der Waals surface area (Å²) in [4.78, 5) is 11.5. The van der Waals surface area contributed by atoms with E-state index >= 15 is 0 Å². The van der Waals surface area contributed by atoms with Gasteiger partial charge in [0.05, 0.1) is 6.10 Å². The van der Waals surface area contributed by atoms with Gasteiger partial charge in [0.1, 0.15) is 0 Å². The molecular formula is C9H15N3O2. The maximum Gasteiger partial charge on any atom is 0.250 e. The number of hydrogen-bond acceptors (Lipinski definition) is 4. The van der Waals surface area contributed by atoms with Crippen LogP contribution in [0.4, 0.5) is 0 Å². The molecule has 5 heteroatoms. The maximum absolute atomic E-state index is 11.5.